The van der Waals surface area contributed by atoms with Crippen LogP contribution in [0.1, 0.15) is 59.9 Å². The van der Waals surface area contributed by atoms with Gasteiger partial charge in [0.05, 0.1) is 23.9 Å². The number of halogens is 1. The molecule has 0 aliphatic heterocycles. The Kier molecular flexibility index (Phi) is 7.73. The maximum Gasteiger partial charge on any atom is 0.280 e. The minimum absolute atomic E-state index is 0.125. The molecular formula is C23H30ClN3O4. The second kappa shape index (κ2) is 10.3. The number of hydrogen-bond donors (Lipinski definition) is 0. The Morgan fingerprint density at radius 3 is 2.65 bits per heavy atom. The van der Waals surface area contributed by atoms with Crippen LogP contribution in [0.5, 0.6) is 5.75 Å². The third-order valence-corrected chi connectivity index (χ3v) is 5.73. The average Bonchev–Trinajstić information content (AvgIpc) is 3.51. The van der Waals surface area contributed by atoms with Gasteiger partial charge in [-0.15, -0.1) is 0 Å². The van der Waals surface area contributed by atoms with Crippen molar-refractivity contribution in [1.82, 2.24) is 14.7 Å². The van der Waals surface area contributed by atoms with Crippen LogP contribution >= 0.6 is 11.6 Å². The summed E-state index contributed by atoms with van der Waals surface area (Å²) >= 11 is 6.44. The highest BCUT2D eigenvalue weighted by molar-refractivity contribution is 6.34. The number of aryl methyl sites for hydroxylation is 2. The Morgan fingerprint density at radius 1 is 1.29 bits per heavy atom. The van der Waals surface area contributed by atoms with Gasteiger partial charge < -0.3 is 9.47 Å². The van der Waals surface area contributed by atoms with Gasteiger partial charge in [-0.3, -0.25) is 19.2 Å². The topological polar surface area (TPSA) is 73.7 Å². The van der Waals surface area contributed by atoms with Gasteiger partial charge in [0.2, 0.25) is 5.91 Å². The number of aromatic nitrogens is 2. The second-order valence-corrected chi connectivity index (χ2v) is 8.19. The van der Waals surface area contributed by atoms with Gasteiger partial charge in [0.25, 0.3) is 5.91 Å². The van der Waals surface area contributed by atoms with Gasteiger partial charge >= 0.3 is 0 Å². The fourth-order valence-corrected chi connectivity index (χ4v) is 3.90. The smallest absolute Gasteiger partial charge is 0.280 e. The predicted octanol–water partition coefficient (Wildman–Crippen LogP) is 3.91. The number of ether oxygens (including phenoxy) is 2. The zero-order chi connectivity index (χ0) is 22.5. The van der Waals surface area contributed by atoms with E-state index in [1.54, 1.807) is 7.05 Å². The van der Waals surface area contributed by atoms with E-state index >= 15 is 0 Å². The van der Waals surface area contributed by atoms with E-state index in [1.165, 1.54) is 17.2 Å². The molecule has 0 unspecified atom stereocenters. The number of hydrogen-bond acceptors (Lipinski definition) is 5. The molecule has 0 bridgehead atoms. The molecule has 0 N–H and O–H groups in total. The van der Waals surface area contributed by atoms with Crippen LogP contribution in [0.25, 0.3) is 0 Å². The summed E-state index contributed by atoms with van der Waals surface area (Å²) in [5.41, 5.74) is 3.16. The summed E-state index contributed by atoms with van der Waals surface area (Å²) in [5, 5.41) is 4.74. The van der Waals surface area contributed by atoms with Crippen molar-refractivity contribution >= 4 is 23.4 Å². The van der Waals surface area contributed by atoms with Gasteiger partial charge in [0, 0.05) is 26.5 Å². The molecule has 168 valence electrons. The van der Waals surface area contributed by atoms with E-state index in [4.69, 9.17) is 21.1 Å². The van der Waals surface area contributed by atoms with Crippen LogP contribution in [-0.2, 0) is 23.0 Å². The van der Waals surface area contributed by atoms with E-state index in [-0.39, 0.29) is 24.8 Å². The quantitative estimate of drug-likeness (QED) is 0.516. The number of nitrogens with zero attached hydrogens (tertiary/aromatic N) is 3. The van der Waals surface area contributed by atoms with Crippen LogP contribution in [0.15, 0.2) is 18.2 Å². The lowest BCUT2D eigenvalue weighted by atomic mass is 10.1. The zero-order valence-electron chi connectivity index (χ0n) is 18.6. The molecule has 1 saturated carbocycles. The summed E-state index contributed by atoms with van der Waals surface area (Å²) in [6.07, 6.45) is 2.90. The standard InChI is InChI=1S/C23H30ClN3O4/c1-5-30-12-10-17-6-9-19(15(2)14-17)31-13-11-27(16(3)28)23(29)22-20(24)21(18-7-8-18)25-26(22)4/h6,9,14,18H,5,7-8,10-13H2,1-4H3. The van der Waals surface area contributed by atoms with Crippen LogP contribution in [0.2, 0.25) is 5.02 Å². The van der Waals surface area contributed by atoms with Crippen molar-refractivity contribution in [3.8, 4) is 5.75 Å². The van der Waals surface area contributed by atoms with Gasteiger partial charge in [0.15, 0.2) is 0 Å². The zero-order valence-corrected chi connectivity index (χ0v) is 19.4. The van der Waals surface area contributed by atoms with Gasteiger partial charge in [-0.2, -0.15) is 5.10 Å². The average molecular weight is 448 g/mol. The summed E-state index contributed by atoms with van der Waals surface area (Å²) in [5.74, 6) is 0.229. The molecule has 1 aromatic carbocycles. The van der Waals surface area contributed by atoms with Crippen molar-refractivity contribution in [3.05, 3.63) is 45.7 Å². The monoisotopic (exact) mass is 447 g/mol. The molecule has 0 saturated heterocycles. The molecule has 0 radical (unpaired) electrons. The van der Waals surface area contributed by atoms with E-state index < -0.39 is 5.91 Å². The van der Waals surface area contributed by atoms with Gasteiger partial charge in [-0.25, -0.2) is 0 Å². The van der Waals surface area contributed by atoms with Crippen LogP contribution in [0, 0.1) is 6.92 Å². The number of carbonyl (C=O) groups is 2. The summed E-state index contributed by atoms with van der Waals surface area (Å²) in [7, 11) is 1.68. The summed E-state index contributed by atoms with van der Waals surface area (Å²) < 4.78 is 12.7. The lowest BCUT2D eigenvalue weighted by Crippen LogP contribution is -2.39. The molecule has 8 heteroatoms. The normalized spacial score (nSPS) is 13.3. The third-order valence-electron chi connectivity index (χ3n) is 5.36. The molecule has 2 aromatic rings. The van der Waals surface area contributed by atoms with E-state index in [0.29, 0.717) is 24.2 Å². The fraction of sp³-hybridized carbons (Fsp3) is 0.522. The lowest BCUT2D eigenvalue weighted by molar-refractivity contribution is -0.126. The van der Waals surface area contributed by atoms with E-state index in [2.05, 4.69) is 11.2 Å². The first-order chi connectivity index (χ1) is 14.8. The van der Waals surface area contributed by atoms with Crippen LogP contribution in [0.4, 0.5) is 0 Å². The minimum Gasteiger partial charge on any atom is -0.491 e. The molecule has 3 rings (SSSR count). The van der Waals surface area contributed by atoms with Crippen molar-refractivity contribution in [2.24, 2.45) is 7.05 Å². The molecule has 1 heterocycles. The summed E-state index contributed by atoms with van der Waals surface area (Å²) in [4.78, 5) is 26.4. The molecule has 0 spiro atoms. The third kappa shape index (κ3) is 5.66. The van der Waals surface area contributed by atoms with Crippen molar-refractivity contribution in [2.75, 3.05) is 26.4 Å². The first kappa shape index (κ1) is 23.3. The Labute approximate surface area is 188 Å². The Hall–Kier alpha value is -2.38. The number of imide groups is 1. The van der Waals surface area contributed by atoms with Gasteiger partial charge in [-0.1, -0.05) is 23.7 Å². The Bertz CT molecular complexity index is 953. The van der Waals surface area contributed by atoms with Crippen molar-refractivity contribution in [1.29, 1.82) is 0 Å². The first-order valence-electron chi connectivity index (χ1n) is 10.7. The number of carbonyl (C=O) groups excluding carboxylic acids is 2. The van der Waals surface area contributed by atoms with Crippen molar-refractivity contribution < 1.29 is 19.1 Å². The maximum absolute atomic E-state index is 13.1. The summed E-state index contributed by atoms with van der Waals surface area (Å²) in [6, 6.07) is 5.98. The lowest BCUT2D eigenvalue weighted by Gasteiger charge is -2.20. The maximum atomic E-state index is 13.1. The van der Waals surface area contributed by atoms with E-state index in [9.17, 15) is 9.59 Å². The van der Waals surface area contributed by atoms with Crippen LogP contribution in [-0.4, -0.2) is 52.9 Å². The summed E-state index contributed by atoms with van der Waals surface area (Å²) in [6.45, 7) is 7.02. The van der Waals surface area contributed by atoms with Gasteiger partial charge in [-0.05, 0) is 50.3 Å². The molecule has 0 atom stereocenters. The molecular weight excluding hydrogens is 418 g/mol. The Morgan fingerprint density at radius 2 is 2.03 bits per heavy atom. The number of rotatable bonds is 10. The van der Waals surface area contributed by atoms with E-state index in [1.807, 2.05) is 26.0 Å². The molecule has 1 aliphatic rings. The molecule has 7 nitrogen and oxygen atoms in total. The largest absolute Gasteiger partial charge is 0.491 e. The highest BCUT2D eigenvalue weighted by Crippen LogP contribution is 2.43. The van der Waals surface area contributed by atoms with Gasteiger partial charge in [0.1, 0.15) is 18.1 Å². The van der Waals surface area contributed by atoms with Crippen LogP contribution < -0.4 is 4.74 Å². The number of benzene rings is 1. The molecule has 2 amide bonds. The predicted molar refractivity (Wildman–Crippen MR) is 119 cm³/mol. The molecule has 1 aliphatic carbocycles. The Balaban J connectivity index is 1.63. The van der Waals surface area contributed by atoms with Crippen molar-refractivity contribution in [2.45, 2.75) is 46.0 Å². The SMILES string of the molecule is CCOCCc1ccc(OCCN(C(C)=O)C(=O)c2c(Cl)c(C3CC3)nn2C)c(C)c1. The second-order valence-electron chi connectivity index (χ2n) is 7.82. The number of amides is 2. The van der Waals surface area contributed by atoms with Crippen molar-refractivity contribution in [3.63, 3.8) is 0 Å². The first-order valence-corrected chi connectivity index (χ1v) is 11.1. The minimum atomic E-state index is -0.453. The highest BCUT2D eigenvalue weighted by Gasteiger charge is 2.34. The van der Waals surface area contributed by atoms with Crippen LogP contribution in [0.3, 0.4) is 0 Å². The molecule has 1 fully saturated rings. The highest BCUT2D eigenvalue weighted by atomic mass is 35.5. The molecule has 31 heavy (non-hydrogen) atoms. The fourth-order valence-electron chi connectivity index (χ4n) is 3.51. The van der Waals surface area contributed by atoms with E-state index in [0.717, 1.165) is 41.2 Å². The molecule has 1 aromatic heterocycles.